The second kappa shape index (κ2) is 6.38. The first kappa shape index (κ1) is 13.6. The molecule has 0 aliphatic heterocycles. The molecule has 0 saturated heterocycles. The number of benzene rings is 1. The van der Waals surface area contributed by atoms with Gasteiger partial charge in [0.25, 0.3) is 5.91 Å². The highest BCUT2D eigenvalue weighted by Crippen LogP contribution is 2.12. The molecule has 0 atom stereocenters. The zero-order valence-electron chi connectivity index (χ0n) is 10.7. The van der Waals surface area contributed by atoms with E-state index in [0.717, 1.165) is 0 Å². The van der Waals surface area contributed by atoms with E-state index in [1.54, 1.807) is 36.4 Å². The molecule has 2 aromatic rings. The molecule has 5 heteroatoms. The number of anilines is 1. The van der Waals surface area contributed by atoms with Gasteiger partial charge in [0.2, 0.25) is 0 Å². The van der Waals surface area contributed by atoms with Crippen molar-refractivity contribution >= 4 is 17.6 Å². The molecule has 0 aliphatic rings. The molecule has 0 saturated carbocycles. The Morgan fingerprint density at radius 3 is 2.60 bits per heavy atom. The lowest BCUT2D eigenvalue weighted by Gasteiger charge is -2.05. The number of carbonyl (C=O) groups is 2. The Balaban J connectivity index is 1.99. The Kier molecular flexibility index (Phi) is 4.34. The molecule has 1 aromatic carbocycles. The van der Waals surface area contributed by atoms with Gasteiger partial charge in [-0.1, -0.05) is 12.7 Å². The maximum Gasteiger partial charge on any atom is 0.338 e. The molecule has 0 aliphatic carbocycles. The quantitative estimate of drug-likeness (QED) is 0.670. The molecule has 0 bridgehead atoms. The van der Waals surface area contributed by atoms with Crippen molar-refractivity contribution in [1.82, 2.24) is 0 Å². The summed E-state index contributed by atoms with van der Waals surface area (Å²) in [5, 5.41) is 2.65. The predicted octanol–water partition coefficient (Wildman–Crippen LogP) is 2.87. The van der Waals surface area contributed by atoms with Gasteiger partial charge < -0.3 is 14.5 Å². The van der Waals surface area contributed by atoms with Gasteiger partial charge in [-0.2, -0.15) is 0 Å². The van der Waals surface area contributed by atoms with Crippen molar-refractivity contribution in [1.29, 1.82) is 0 Å². The fourth-order valence-electron chi connectivity index (χ4n) is 1.51. The molecule has 1 aromatic heterocycles. The molecule has 0 unspecified atom stereocenters. The minimum Gasteiger partial charge on any atom is -0.459 e. The van der Waals surface area contributed by atoms with Gasteiger partial charge in [-0.15, -0.1) is 0 Å². The summed E-state index contributed by atoms with van der Waals surface area (Å²) in [6.07, 6.45) is 2.92. The van der Waals surface area contributed by atoms with Gasteiger partial charge in [0.1, 0.15) is 6.61 Å². The van der Waals surface area contributed by atoms with Crippen molar-refractivity contribution in [3.05, 3.63) is 66.6 Å². The summed E-state index contributed by atoms with van der Waals surface area (Å²) >= 11 is 0. The number of carbonyl (C=O) groups excluding carboxylic acids is 2. The maximum atomic E-state index is 11.7. The van der Waals surface area contributed by atoms with Crippen molar-refractivity contribution in [2.24, 2.45) is 0 Å². The highest BCUT2D eigenvalue weighted by atomic mass is 16.5. The summed E-state index contributed by atoms with van der Waals surface area (Å²) < 4.78 is 9.88. The van der Waals surface area contributed by atoms with Crippen LogP contribution < -0.4 is 5.32 Å². The number of ether oxygens (including phenoxy) is 1. The third-order valence-electron chi connectivity index (χ3n) is 2.46. The van der Waals surface area contributed by atoms with Gasteiger partial charge in [0.05, 0.1) is 11.8 Å². The number of hydrogen-bond acceptors (Lipinski definition) is 4. The number of rotatable bonds is 5. The van der Waals surface area contributed by atoms with Crippen molar-refractivity contribution in [2.75, 3.05) is 11.9 Å². The van der Waals surface area contributed by atoms with E-state index in [1.807, 2.05) is 0 Å². The Morgan fingerprint density at radius 2 is 2.00 bits per heavy atom. The van der Waals surface area contributed by atoms with Gasteiger partial charge in [0, 0.05) is 5.69 Å². The Bertz CT molecular complexity index is 599. The van der Waals surface area contributed by atoms with E-state index in [9.17, 15) is 9.59 Å². The minimum atomic E-state index is -0.436. The Labute approximate surface area is 115 Å². The van der Waals surface area contributed by atoms with Crippen LogP contribution in [-0.4, -0.2) is 18.5 Å². The number of hydrogen-bond donors (Lipinski definition) is 1. The van der Waals surface area contributed by atoms with Crippen molar-refractivity contribution < 1.29 is 18.7 Å². The summed E-state index contributed by atoms with van der Waals surface area (Å²) in [7, 11) is 0. The Morgan fingerprint density at radius 1 is 1.25 bits per heavy atom. The second-order valence-corrected chi connectivity index (χ2v) is 3.90. The van der Waals surface area contributed by atoms with Gasteiger partial charge in [-0.05, 0) is 36.4 Å². The maximum absolute atomic E-state index is 11.7. The van der Waals surface area contributed by atoms with Gasteiger partial charge in [0.15, 0.2) is 5.76 Å². The number of esters is 1. The lowest BCUT2D eigenvalue weighted by atomic mass is 10.2. The molecular formula is C15H13NO4. The molecular weight excluding hydrogens is 258 g/mol. The van der Waals surface area contributed by atoms with Crippen LogP contribution in [0.3, 0.4) is 0 Å². The molecule has 0 fully saturated rings. The van der Waals surface area contributed by atoms with Gasteiger partial charge >= 0.3 is 5.97 Å². The van der Waals surface area contributed by atoms with E-state index in [2.05, 4.69) is 11.9 Å². The van der Waals surface area contributed by atoms with Crippen LogP contribution in [0.4, 0.5) is 5.69 Å². The van der Waals surface area contributed by atoms with Crippen molar-refractivity contribution in [3.8, 4) is 0 Å². The molecule has 1 amide bonds. The third-order valence-corrected chi connectivity index (χ3v) is 2.46. The standard InChI is InChI=1S/C15H13NO4/c1-2-9-20-15(18)11-5-7-12(8-6-11)16-14(17)13-4-3-10-19-13/h2-8,10H,1,9H2,(H,16,17). The zero-order chi connectivity index (χ0) is 14.4. The first-order valence-corrected chi connectivity index (χ1v) is 5.93. The van der Waals surface area contributed by atoms with Gasteiger partial charge in [-0.3, -0.25) is 4.79 Å². The summed E-state index contributed by atoms with van der Waals surface area (Å²) in [5.74, 6) is -0.565. The van der Waals surface area contributed by atoms with Crippen LogP contribution in [0.2, 0.25) is 0 Å². The fourth-order valence-corrected chi connectivity index (χ4v) is 1.51. The van der Waals surface area contributed by atoms with Crippen LogP contribution in [0, 0.1) is 0 Å². The normalized spacial score (nSPS) is 9.80. The molecule has 20 heavy (non-hydrogen) atoms. The minimum absolute atomic E-state index is 0.163. The fraction of sp³-hybridized carbons (Fsp3) is 0.0667. The van der Waals surface area contributed by atoms with Crippen molar-refractivity contribution in [2.45, 2.75) is 0 Å². The van der Waals surface area contributed by atoms with E-state index in [-0.39, 0.29) is 18.3 Å². The molecule has 0 spiro atoms. The predicted molar refractivity (Wildman–Crippen MR) is 73.6 cm³/mol. The molecule has 102 valence electrons. The molecule has 5 nitrogen and oxygen atoms in total. The van der Waals surface area contributed by atoms with Crippen LogP contribution >= 0.6 is 0 Å². The summed E-state index contributed by atoms with van der Waals surface area (Å²) in [6.45, 7) is 3.63. The van der Waals surface area contributed by atoms with Crippen molar-refractivity contribution in [3.63, 3.8) is 0 Å². The highest BCUT2D eigenvalue weighted by molar-refractivity contribution is 6.02. The summed E-state index contributed by atoms with van der Waals surface area (Å²) in [4.78, 5) is 23.3. The summed E-state index contributed by atoms with van der Waals surface area (Å²) in [6, 6.07) is 9.58. The monoisotopic (exact) mass is 271 g/mol. The largest absolute Gasteiger partial charge is 0.459 e. The molecule has 2 rings (SSSR count). The van der Waals surface area contributed by atoms with E-state index in [1.165, 1.54) is 12.3 Å². The van der Waals surface area contributed by atoms with E-state index in [4.69, 9.17) is 9.15 Å². The lowest BCUT2D eigenvalue weighted by Crippen LogP contribution is -2.11. The average molecular weight is 271 g/mol. The van der Waals surface area contributed by atoms with Gasteiger partial charge in [-0.25, -0.2) is 4.79 Å². The number of furan rings is 1. The summed E-state index contributed by atoms with van der Waals surface area (Å²) in [5.41, 5.74) is 0.967. The van der Waals surface area contributed by atoms with E-state index >= 15 is 0 Å². The zero-order valence-corrected chi connectivity index (χ0v) is 10.7. The van der Waals surface area contributed by atoms with Crippen LogP contribution in [0.15, 0.2) is 59.7 Å². The number of amides is 1. The van der Waals surface area contributed by atoms with Crippen LogP contribution in [-0.2, 0) is 4.74 Å². The lowest BCUT2D eigenvalue weighted by molar-refractivity contribution is 0.0549. The van der Waals surface area contributed by atoms with E-state index < -0.39 is 5.97 Å². The molecule has 0 radical (unpaired) electrons. The SMILES string of the molecule is C=CCOC(=O)c1ccc(NC(=O)c2ccco2)cc1. The van der Waals surface area contributed by atoms with Crippen LogP contribution in [0.5, 0.6) is 0 Å². The molecule has 1 N–H and O–H groups in total. The smallest absolute Gasteiger partial charge is 0.338 e. The molecule has 1 heterocycles. The van der Waals surface area contributed by atoms with E-state index in [0.29, 0.717) is 11.3 Å². The third kappa shape index (κ3) is 3.35. The Hall–Kier alpha value is -2.82. The first-order chi connectivity index (χ1) is 9.70. The number of nitrogens with one attached hydrogen (secondary N) is 1. The van der Waals surface area contributed by atoms with Crippen LogP contribution in [0.1, 0.15) is 20.9 Å². The van der Waals surface area contributed by atoms with Crippen LogP contribution in [0.25, 0.3) is 0 Å². The highest BCUT2D eigenvalue weighted by Gasteiger charge is 2.10. The topological polar surface area (TPSA) is 68.5 Å². The first-order valence-electron chi connectivity index (χ1n) is 5.93. The average Bonchev–Trinajstić information content (AvgIpc) is 3.00. The second-order valence-electron chi connectivity index (χ2n) is 3.90.